The molecule has 0 unspecified atom stereocenters. The summed E-state index contributed by atoms with van der Waals surface area (Å²) in [5.74, 6) is 0.495. The van der Waals surface area contributed by atoms with E-state index in [4.69, 9.17) is 22.1 Å². The standard InChI is InChI=1S/C11H12ClN5O2/c1-19-9-3-2-7(12)4-8(9)14-11(18)6-17-5-10(13)15-16-17/h2-5H,6,13H2,1H3,(H,14,18). The van der Waals surface area contributed by atoms with Gasteiger partial charge in [0.15, 0.2) is 5.82 Å². The van der Waals surface area contributed by atoms with Crippen molar-refractivity contribution < 1.29 is 9.53 Å². The maximum atomic E-state index is 11.8. The fraction of sp³-hybridized carbons (Fsp3) is 0.182. The molecule has 1 amide bonds. The van der Waals surface area contributed by atoms with Crippen LogP contribution in [0.4, 0.5) is 11.5 Å². The highest BCUT2D eigenvalue weighted by Crippen LogP contribution is 2.27. The van der Waals surface area contributed by atoms with Crippen LogP contribution in [0.5, 0.6) is 5.75 Å². The molecule has 100 valence electrons. The van der Waals surface area contributed by atoms with Crippen molar-refractivity contribution in [2.75, 3.05) is 18.2 Å². The number of aromatic nitrogens is 3. The van der Waals surface area contributed by atoms with Gasteiger partial charge in [-0.3, -0.25) is 4.79 Å². The minimum Gasteiger partial charge on any atom is -0.495 e. The number of nitrogens with zero attached hydrogens (tertiary/aromatic N) is 3. The van der Waals surface area contributed by atoms with Gasteiger partial charge in [-0.1, -0.05) is 16.8 Å². The molecule has 0 saturated carbocycles. The van der Waals surface area contributed by atoms with Gasteiger partial charge in [-0.25, -0.2) is 4.68 Å². The molecule has 1 aromatic heterocycles. The van der Waals surface area contributed by atoms with Crippen molar-refractivity contribution >= 4 is 29.0 Å². The second kappa shape index (κ2) is 5.57. The minimum atomic E-state index is -0.287. The average Bonchev–Trinajstić information content (AvgIpc) is 2.75. The summed E-state index contributed by atoms with van der Waals surface area (Å²) < 4.78 is 6.46. The van der Waals surface area contributed by atoms with E-state index in [1.54, 1.807) is 18.2 Å². The van der Waals surface area contributed by atoms with Gasteiger partial charge in [-0.05, 0) is 18.2 Å². The predicted molar refractivity (Wildman–Crippen MR) is 71.1 cm³/mol. The first kappa shape index (κ1) is 13.2. The predicted octanol–water partition coefficient (Wildman–Crippen LogP) is 1.16. The van der Waals surface area contributed by atoms with Crippen LogP contribution in [-0.2, 0) is 11.3 Å². The Morgan fingerprint density at radius 3 is 3.00 bits per heavy atom. The minimum absolute atomic E-state index is 0.000131. The second-order valence-electron chi connectivity index (χ2n) is 3.73. The van der Waals surface area contributed by atoms with E-state index >= 15 is 0 Å². The number of benzene rings is 1. The molecule has 0 atom stereocenters. The topological polar surface area (TPSA) is 95.1 Å². The number of halogens is 1. The Kier molecular flexibility index (Phi) is 3.86. The Morgan fingerprint density at radius 1 is 1.58 bits per heavy atom. The fourth-order valence-electron chi connectivity index (χ4n) is 1.51. The first-order valence-corrected chi connectivity index (χ1v) is 5.75. The molecule has 7 nitrogen and oxygen atoms in total. The van der Waals surface area contributed by atoms with Crippen molar-refractivity contribution in [3.8, 4) is 5.75 Å². The van der Waals surface area contributed by atoms with Crippen molar-refractivity contribution in [2.24, 2.45) is 0 Å². The van der Waals surface area contributed by atoms with Gasteiger partial charge in [0.05, 0.1) is 19.0 Å². The van der Waals surface area contributed by atoms with E-state index in [-0.39, 0.29) is 18.3 Å². The van der Waals surface area contributed by atoms with Crippen molar-refractivity contribution in [3.05, 3.63) is 29.4 Å². The molecule has 0 aliphatic rings. The van der Waals surface area contributed by atoms with Gasteiger partial charge in [0.2, 0.25) is 5.91 Å². The van der Waals surface area contributed by atoms with Crippen LogP contribution in [0, 0.1) is 0 Å². The normalized spacial score (nSPS) is 10.2. The van der Waals surface area contributed by atoms with Crippen LogP contribution in [0.2, 0.25) is 5.02 Å². The van der Waals surface area contributed by atoms with E-state index in [1.165, 1.54) is 18.0 Å². The first-order chi connectivity index (χ1) is 9.08. The summed E-state index contributed by atoms with van der Waals surface area (Å²) in [4.78, 5) is 11.8. The average molecular weight is 282 g/mol. The summed E-state index contributed by atoms with van der Waals surface area (Å²) in [6.07, 6.45) is 1.47. The lowest BCUT2D eigenvalue weighted by atomic mass is 10.3. The Bertz CT molecular complexity index is 599. The maximum Gasteiger partial charge on any atom is 0.246 e. The number of hydrogen-bond acceptors (Lipinski definition) is 5. The SMILES string of the molecule is COc1ccc(Cl)cc1NC(=O)Cn1cc(N)nn1. The highest BCUT2D eigenvalue weighted by molar-refractivity contribution is 6.31. The number of rotatable bonds is 4. The highest BCUT2D eigenvalue weighted by atomic mass is 35.5. The zero-order valence-electron chi connectivity index (χ0n) is 10.1. The third kappa shape index (κ3) is 3.35. The number of amides is 1. The zero-order valence-corrected chi connectivity index (χ0v) is 10.9. The molecule has 0 saturated heterocycles. The number of nitrogens with two attached hydrogens (primary N) is 1. The van der Waals surface area contributed by atoms with E-state index in [1.807, 2.05) is 0 Å². The molecule has 0 aliphatic heterocycles. The first-order valence-electron chi connectivity index (χ1n) is 5.37. The summed E-state index contributed by atoms with van der Waals surface area (Å²) >= 11 is 5.87. The third-order valence-corrected chi connectivity index (χ3v) is 2.53. The molecule has 1 heterocycles. The van der Waals surface area contributed by atoms with Gasteiger partial charge in [0.1, 0.15) is 12.3 Å². The molecule has 0 spiro atoms. The highest BCUT2D eigenvalue weighted by Gasteiger charge is 2.09. The number of ether oxygens (including phenoxy) is 1. The van der Waals surface area contributed by atoms with Crippen LogP contribution in [-0.4, -0.2) is 28.0 Å². The van der Waals surface area contributed by atoms with Crippen molar-refractivity contribution in [3.63, 3.8) is 0 Å². The summed E-state index contributed by atoms with van der Waals surface area (Å²) in [6.45, 7) is -0.000131. The summed E-state index contributed by atoms with van der Waals surface area (Å²) in [5, 5.41) is 10.5. The van der Waals surface area contributed by atoms with Crippen molar-refractivity contribution in [2.45, 2.75) is 6.54 Å². The number of carbonyl (C=O) groups is 1. The van der Waals surface area contributed by atoms with Crippen LogP contribution >= 0.6 is 11.6 Å². The number of carbonyl (C=O) groups excluding carboxylic acids is 1. The van der Waals surface area contributed by atoms with Crippen LogP contribution in [0.1, 0.15) is 0 Å². The number of nitrogens with one attached hydrogen (secondary N) is 1. The van der Waals surface area contributed by atoms with E-state index in [9.17, 15) is 4.79 Å². The van der Waals surface area contributed by atoms with Gasteiger partial charge >= 0.3 is 0 Å². The zero-order chi connectivity index (χ0) is 13.8. The fourth-order valence-corrected chi connectivity index (χ4v) is 1.68. The molecule has 0 aliphatic carbocycles. The summed E-state index contributed by atoms with van der Waals surface area (Å²) in [6, 6.07) is 4.95. The quantitative estimate of drug-likeness (QED) is 0.877. The number of anilines is 2. The lowest BCUT2D eigenvalue weighted by molar-refractivity contribution is -0.116. The Morgan fingerprint density at radius 2 is 2.37 bits per heavy atom. The molecule has 0 radical (unpaired) electrons. The molecule has 3 N–H and O–H groups in total. The van der Waals surface area contributed by atoms with Crippen LogP contribution in [0.15, 0.2) is 24.4 Å². The van der Waals surface area contributed by atoms with E-state index in [2.05, 4.69) is 15.6 Å². The Balaban J connectivity index is 2.08. The van der Waals surface area contributed by atoms with Gasteiger partial charge < -0.3 is 15.8 Å². The molecular formula is C11H12ClN5O2. The Labute approximate surface area is 114 Å². The maximum absolute atomic E-state index is 11.8. The molecule has 0 bridgehead atoms. The van der Waals surface area contributed by atoms with Gasteiger partial charge in [-0.15, -0.1) is 5.10 Å². The van der Waals surface area contributed by atoms with Crippen LogP contribution in [0.3, 0.4) is 0 Å². The van der Waals surface area contributed by atoms with E-state index in [0.717, 1.165) is 0 Å². The monoisotopic (exact) mass is 281 g/mol. The molecule has 1 aromatic carbocycles. The van der Waals surface area contributed by atoms with Crippen LogP contribution in [0.25, 0.3) is 0 Å². The lowest BCUT2D eigenvalue weighted by Crippen LogP contribution is -2.19. The smallest absolute Gasteiger partial charge is 0.246 e. The molecule has 2 aromatic rings. The molecule has 19 heavy (non-hydrogen) atoms. The molecule has 8 heteroatoms. The number of hydrogen-bond donors (Lipinski definition) is 2. The summed E-state index contributed by atoms with van der Waals surface area (Å²) in [5.41, 5.74) is 5.90. The van der Waals surface area contributed by atoms with Gasteiger partial charge in [-0.2, -0.15) is 0 Å². The van der Waals surface area contributed by atoms with Crippen LogP contribution < -0.4 is 15.8 Å². The van der Waals surface area contributed by atoms with E-state index in [0.29, 0.717) is 16.5 Å². The Hall–Kier alpha value is -2.28. The number of nitrogen functional groups attached to an aromatic ring is 1. The van der Waals surface area contributed by atoms with E-state index < -0.39 is 0 Å². The number of methoxy groups -OCH3 is 1. The van der Waals surface area contributed by atoms with Crippen molar-refractivity contribution in [1.82, 2.24) is 15.0 Å². The molecule has 0 fully saturated rings. The third-order valence-electron chi connectivity index (χ3n) is 2.30. The summed E-state index contributed by atoms with van der Waals surface area (Å²) in [7, 11) is 1.51. The largest absolute Gasteiger partial charge is 0.495 e. The van der Waals surface area contributed by atoms with Gasteiger partial charge in [0, 0.05) is 5.02 Å². The molecule has 2 rings (SSSR count). The van der Waals surface area contributed by atoms with Crippen molar-refractivity contribution in [1.29, 1.82) is 0 Å². The lowest BCUT2D eigenvalue weighted by Gasteiger charge is -2.10. The van der Waals surface area contributed by atoms with Gasteiger partial charge in [0.25, 0.3) is 0 Å². The second-order valence-corrected chi connectivity index (χ2v) is 4.17. The molecular weight excluding hydrogens is 270 g/mol.